The molecule has 0 aromatic heterocycles. The number of para-hydroxylation sites is 2. The molecule has 0 bridgehead atoms. The highest BCUT2D eigenvalue weighted by Gasteiger charge is 2.21. The Balaban J connectivity index is 2.04. The number of esters is 1. The molecule has 0 spiro atoms. The molecule has 0 saturated carbocycles. The average molecular weight is 487 g/mol. The second-order valence-electron chi connectivity index (χ2n) is 8.57. The molecular weight excluding hydrogens is 456 g/mol. The second-order valence-corrected chi connectivity index (χ2v) is 8.95. The molecule has 0 radical (unpaired) electrons. The Morgan fingerprint density at radius 3 is 2.18 bits per heavy atom. The summed E-state index contributed by atoms with van der Waals surface area (Å²) in [6, 6.07) is 14.2. The molecule has 182 valence electrons. The Morgan fingerprint density at radius 2 is 1.62 bits per heavy atom. The standard InChI is InChI=1S/C26H31ClN2O5/c1-26(2,3)34-25(32)29-22-10-6-5-9-21(22)28-23(30)16-13-18-11-14-19(15-12-18)20(8-7-17-27)24(31)33-4/h5-6,9-16,20H,7-8,17H2,1-4H3,(H,28,30)(H,29,32)/b16-13+. The van der Waals surface area contributed by atoms with E-state index in [9.17, 15) is 14.4 Å². The first kappa shape index (κ1) is 26.9. The van der Waals surface area contributed by atoms with Gasteiger partial charge < -0.3 is 14.8 Å². The lowest BCUT2D eigenvalue weighted by atomic mass is 9.94. The van der Waals surface area contributed by atoms with Crippen LogP contribution >= 0.6 is 11.6 Å². The lowest BCUT2D eigenvalue weighted by Crippen LogP contribution is -2.27. The molecule has 7 nitrogen and oxygen atoms in total. The molecule has 8 heteroatoms. The van der Waals surface area contributed by atoms with Gasteiger partial charge in [-0.3, -0.25) is 14.9 Å². The number of nitrogens with one attached hydrogen (secondary N) is 2. The number of rotatable bonds is 9. The van der Waals surface area contributed by atoms with E-state index in [0.29, 0.717) is 30.1 Å². The highest BCUT2D eigenvalue weighted by atomic mass is 35.5. The van der Waals surface area contributed by atoms with Crippen LogP contribution in [0, 0.1) is 0 Å². The number of methoxy groups -OCH3 is 1. The minimum atomic E-state index is -0.637. The maximum Gasteiger partial charge on any atom is 0.412 e. The van der Waals surface area contributed by atoms with Crippen molar-refractivity contribution in [3.05, 3.63) is 65.7 Å². The van der Waals surface area contributed by atoms with Crippen molar-refractivity contribution in [2.75, 3.05) is 23.6 Å². The zero-order chi connectivity index (χ0) is 25.1. The number of amides is 2. The SMILES string of the molecule is COC(=O)C(CCCCl)c1ccc(/C=C/C(=O)Nc2ccccc2NC(=O)OC(C)(C)C)cc1. The van der Waals surface area contributed by atoms with Gasteiger partial charge in [0.25, 0.3) is 0 Å². The molecule has 2 aromatic rings. The summed E-state index contributed by atoms with van der Waals surface area (Å²) in [6.07, 6.45) is 3.75. The summed E-state index contributed by atoms with van der Waals surface area (Å²) in [6.45, 7) is 5.31. The lowest BCUT2D eigenvalue weighted by Gasteiger charge is -2.20. The summed E-state index contributed by atoms with van der Waals surface area (Å²) in [5.41, 5.74) is 1.86. The Hall–Kier alpha value is -3.32. The topological polar surface area (TPSA) is 93.7 Å². The fraction of sp³-hybridized carbons (Fsp3) is 0.346. The third kappa shape index (κ3) is 8.90. The van der Waals surface area contributed by atoms with E-state index in [1.54, 1.807) is 51.1 Å². The zero-order valence-corrected chi connectivity index (χ0v) is 20.6. The van der Waals surface area contributed by atoms with Crippen molar-refractivity contribution < 1.29 is 23.9 Å². The van der Waals surface area contributed by atoms with Crippen molar-refractivity contribution in [3.63, 3.8) is 0 Å². The Labute approximate surface area is 205 Å². The minimum Gasteiger partial charge on any atom is -0.469 e. The molecule has 0 aliphatic rings. The number of ether oxygens (including phenoxy) is 2. The van der Waals surface area contributed by atoms with Gasteiger partial charge in [-0.15, -0.1) is 11.6 Å². The van der Waals surface area contributed by atoms with Crippen LogP contribution in [0.5, 0.6) is 0 Å². The van der Waals surface area contributed by atoms with Crippen LogP contribution in [0.3, 0.4) is 0 Å². The van der Waals surface area contributed by atoms with Gasteiger partial charge in [0.1, 0.15) is 5.60 Å². The Morgan fingerprint density at radius 1 is 1.00 bits per heavy atom. The van der Waals surface area contributed by atoms with Crippen molar-refractivity contribution in [2.45, 2.75) is 45.1 Å². The van der Waals surface area contributed by atoms with Gasteiger partial charge in [-0.1, -0.05) is 36.4 Å². The molecule has 1 atom stereocenters. The van der Waals surface area contributed by atoms with E-state index in [1.807, 2.05) is 24.3 Å². The fourth-order valence-electron chi connectivity index (χ4n) is 3.14. The summed E-state index contributed by atoms with van der Waals surface area (Å²) in [5.74, 6) is -0.567. The van der Waals surface area contributed by atoms with E-state index in [-0.39, 0.29) is 17.8 Å². The fourth-order valence-corrected chi connectivity index (χ4v) is 3.30. The van der Waals surface area contributed by atoms with E-state index in [4.69, 9.17) is 21.1 Å². The molecule has 0 fully saturated rings. The average Bonchev–Trinajstić information content (AvgIpc) is 2.78. The highest BCUT2D eigenvalue weighted by Crippen LogP contribution is 2.24. The molecule has 2 N–H and O–H groups in total. The number of benzene rings is 2. The highest BCUT2D eigenvalue weighted by molar-refractivity contribution is 6.17. The predicted molar refractivity (Wildman–Crippen MR) is 135 cm³/mol. The minimum absolute atomic E-state index is 0.300. The smallest absolute Gasteiger partial charge is 0.412 e. The van der Waals surface area contributed by atoms with Crippen molar-refractivity contribution in [2.24, 2.45) is 0 Å². The Bertz CT molecular complexity index is 1010. The van der Waals surface area contributed by atoms with Gasteiger partial charge in [0.2, 0.25) is 5.91 Å². The number of carbonyl (C=O) groups excluding carboxylic acids is 3. The van der Waals surface area contributed by atoms with Crippen LogP contribution in [0.25, 0.3) is 6.08 Å². The van der Waals surface area contributed by atoms with Crippen molar-refractivity contribution in [1.82, 2.24) is 0 Å². The molecule has 2 rings (SSSR count). The van der Waals surface area contributed by atoms with Gasteiger partial charge in [-0.05, 0) is 62.9 Å². The second kappa shape index (κ2) is 12.8. The third-order valence-corrected chi connectivity index (χ3v) is 4.97. The van der Waals surface area contributed by atoms with Crippen molar-refractivity contribution >= 4 is 47.0 Å². The van der Waals surface area contributed by atoms with Gasteiger partial charge >= 0.3 is 12.1 Å². The Kier molecular flexibility index (Phi) is 10.1. The van der Waals surface area contributed by atoms with Gasteiger partial charge in [0.05, 0.1) is 24.4 Å². The van der Waals surface area contributed by atoms with Gasteiger partial charge in [-0.25, -0.2) is 4.79 Å². The van der Waals surface area contributed by atoms with Crippen LogP contribution < -0.4 is 10.6 Å². The summed E-state index contributed by atoms with van der Waals surface area (Å²) < 4.78 is 10.2. The van der Waals surface area contributed by atoms with E-state index < -0.39 is 11.7 Å². The largest absolute Gasteiger partial charge is 0.469 e. The monoisotopic (exact) mass is 486 g/mol. The van der Waals surface area contributed by atoms with Crippen LogP contribution in [0.2, 0.25) is 0 Å². The van der Waals surface area contributed by atoms with Gasteiger partial charge in [0.15, 0.2) is 0 Å². The quantitative estimate of drug-likeness (QED) is 0.259. The van der Waals surface area contributed by atoms with Crippen LogP contribution in [0.4, 0.5) is 16.2 Å². The van der Waals surface area contributed by atoms with E-state index in [0.717, 1.165) is 11.1 Å². The molecule has 1 unspecified atom stereocenters. The first-order valence-electron chi connectivity index (χ1n) is 10.9. The molecule has 34 heavy (non-hydrogen) atoms. The molecule has 2 aromatic carbocycles. The lowest BCUT2D eigenvalue weighted by molar-refractivity contribution is -0.142. The molecule has 2 amide bonds. The normalized spacial score (nSPS) is 12.1. The van der Waals surface area contributed by atoms with Crippen LogP contribution in [0.1, 0.15) is 50.7 Å². The van der Waals surface area contributed by atoms with Crippen LogP contribution in [-0.2, 0) is 19.1 Å². The first-order valence-corrected chi connectivity index (χ1v) is 11.5. The van der Waals surface area contributed by atoms with Crippen molar-refractivity contribution in [3.8, 4) is 0 Å². The molecule has 0 aliphatic heterocycles. The molecule has 0 aliphatic carbocycles. The third-order valence-electron chi connectivity index (χ3n) is 4.70. The van der Waals surface area contributed by atoms with E-state index >= 15 is 0 Å². The summed E-state index contributed by atoms with van der Waals surface area (Å²) in [7, 11) is 1.37. The van der Waals surface area contributed by atoms with E-state index in [1.165, 1.54) is 13.2 Å². The predicted octanol–water partition coefficient (Wildman–Crippen LogP) is 5.96. The summed E-state index contributed by atoms with van der Waals surface area (Å²) in [5, 5.41) is 5.40. The van der Waals surface area contributed by atoms with E-state index in [2.05, 4.69) is 10.6 Å². The van der Waals surface area contributed by atoms with Crippen LogP contribution in [-0.4, -0.2) is 36.6 Å². The number of halogens is 1. The van der Waals surface area contributed by atoms with Crippen LogP contribution in [0.15, 0.2) is 54.6 Å². The number of alkyl halides is 1. The number of anilines is 2. The van der Waals surface area contributed by atoms with Crippen molar-refractivity contribution in [1.29, 1.82) is 0 Å². The molecule has 0 saturated heterocycles. The number of hydrogen-bond donors (Lipinski definition) is 2. The molecule has 0 heterocycles. The maximum atomic E-state index is 12.5. The van der Waals surface area contributed by atoms with Gasteiger partial charge in [-0.2, -0.15) is 0 Å². The number of carbonyl (C=O) groups is 3. The first-order chi connectivity index (χ1) is 16.1. The maximum absolute atomic E-state index is 12.5. The summed E-state index contributed by atoms with van der Waals surface area (Å²) >= 11 is 5.77. The number of hydrogen-bond acceptors (Lipinski definition) is 5. The zero-order valence-electron chi connectivity index (χ0n) is 19.9. The molecular formula is C26H31ClN2O5. The summed E-state index contributed by atoms with van der Waals surface area (Å²) in [4.78, 5) is 36.6. The van der Waals surface area contributed by atoms with Gasteiger partial charge in [0, 0.05) is 12.0 Å².